The normalized spacial score (nSPS) is 30.6. The average molecular weight is 275 g/mol. The van der Waals surface area contributed by atoms with Gasteiger partial charge in [0.1, 0.15) is 17.0 Å². The lowest BCUT2D eigenvalue weighted by Gasteiger charge is -2.34. The molecule has 20 heavy (non-hydrogen) atoms. The zero-order valence-electron chi connectivity index (χ0n) is 11.7. The van der Waals surface area contributed by atoms with Gasteiger partial charge in [0.05, 0.1) is 5.69 Å². The van der Waals surface area contributed by atoms with E-state index in [2.05, 4.69) is 5.32 Å². The third-order valence-electron chi connectivity index (χ3n) is 5.41. The van der Waals surface area contributed by atoms with E-state index in [0.29, 0.717) is 12.8 Å². The number of carbonyl (C=O) groups is 2. The molecule has 0 saturated heterocycles. The predicted molar refractivity (Wildman–Crippen MR) is 73.6 cm³/mol. The Labute approximate surface area is 117 Å². The van der Waals surface area contributed by atoms with Crippen molar-refractivity contribution in [3.05, 3.63) is 30.1 Å². The van der Waals surface area contributed by atoms with Crippen LogP contribution in [0, 0.1) is 22.6 Å². The first-order valence-electron chi connectivity index (χ1n) is 6.99. The number of hydrogen-bond donors (Lipinski definition) is 1. The van der Waals surface area contributed by atoms with E-state index < -0.39 is 11.2 Å². The van der Waals surface area contributed by atoms with Gasteiger partial charge in [-0.25, -0.2) is 4.39 Å². The smallest absolute Gasteiger partial charge is 0.238 e. The highest BCUT2D eigenvalue weighted by atomic mass is 19.1. The van der Waals surface area contributed by atoms with Crippen LogP contribution in [-0.4, -0.2) is 11.7 Å². The number of rotatable bonds is 2. The first-order valence-corrected chi connectivity index (χ1v) is 6.99. The maximum Gasteiger partial charge on any atom is 0.238 e. The highest BCUT2D eigenvalue weighted by molar-refractivity contribution is 6.14. The number of fused-ring (bicyclic) bond motifs is 2. The summed E-state index contributed by atoms with van der Waals surface area (Å²) in [6.07, 6.45) is 1.94. The maximum atomic E-state index is 13.7. The Kier molecular flexibility index (Phi) is 2.75. The summed E-state index contributed by atoms with van der Waals surface area (Å²) in [6.45, 7) is 3.97. The molecule has 2 aliphatic carbocycles. The van der Waals surface area contributed by atoms with Crippen LogP contribution in [0.25, 0.3) is 0 Å². The Morgan fingerprint density at radius 1 is 1.35 bits per heavy atom. The average Bonchev–Trinajstić information content (AvgIpc) is 2.76. The SMILES string of the molecule is CC1(C)C2CCC1(C(=O)Nc1ccccc1F)C(=O)C2. The Morgan fingerprint density at radius 3 is 2.60 bits per heavy atom. The Morgan fingerprint density at radius 2 is 2.05 bits per heavy atom. The topological polar surface area (TPSA) is 46.2 Å². The molecule has 2 saturated carbocycles. The number of halogens is 1. The van der Waals surface area contributed by atoms with Gasteiger partial charge in [-0.15, -0.1) is 0 Å². The van der Waals surface area contributed by atoms with Crippen LogP contribution in [-0.2, 0) is 9.59 Å². The van der Waals surface area contributed by atoms with Gasteiger partial charge in [0.25, 0.3) is 0 Å². The fourth-order valence-electron chi connectivity index (χ4n) is 4.00. The number of carbonyl (C=O) groups excluding carboxylic acids is 2. The minimum atomic E-state index is -0.986. The minimum absolute atomic E-state index is 0.00703. The molecule has 2 fully saturated rings. The molecular weight excluding hydrogens is 257 g/mol. The van der Waals surface area contributed by atoms with Gasteiger partial charge < -0.3 is 5.32 Å². The lowest BCUT2D eigenvalue weighted by molar-refractivity contribution is -0.141. The van der Waals surface area contributed by atoms with Gasteiger partial charge in [-0.05, 0) is 36.3 Å². The minimum Gasteiger partial charge on any atom is -0.323 e. The summed E-state index contributed by atoms with van der Waals surface area (Å²) < 4.78 is 13.7. The van der Waals surface area contributed by atoms with Gasteiger partial charge in [-0.3, -0.25) is 9.59 Å². The fraction of sp³-hybridized carbons (Fsp3) is 0.500. The molecule has 0 aliphatic heterocycles. The van der Waals surface area contributed by atoms with Crippen molar-refractivity contribution in [2.24, 2.45) is 16.7 Å². The Hall–Kier alpha value is -1.71. The molecule has 1 aromatic rings. The second kappa shape index (κ2) is 4.14. The third-order valence-corrected chi connectivity index (χ3v) is 5.41. The third kappa shape index (κ3) is 1.51. The molecule has 3 rings (SSSR count). The lowest BCUT2D eigenvalue weighted by Crippen LogP contribution is -2.46. The Balaban J connectivity index is 1.94. The Bertz CT molecular complexity index is 596. The van der Waals surface area contributed by atoms with E-state index in [1.807, 2.05) is 13.8 Å². The molecular formula is C16H18FNO2. The van der Waals surface area contributed by atoms with E-state index in [1.165, 1.54) is 12.1 Å². The van der Waals surface area contributed by atoms with Gasteiger partial charge in [0.15, 0.2) is 0 Å². The second-order valence-corrected chi connectivity index (χ2v) is 6.42. The van der Waals surface area contributed by atoms with Crippen LogP contribution in [0.4, 0.5) is 10.1 Å². The van der Waals surface area contributed by atoms with Gasteiger partial charge >= 0.3 is 0 Å². The molecule has 2 atom stereocenters. The molecule has 0 heterocycles. The van der Waals surface area contributed by atoms with Gasteiger partial charge in [0.2, 0.25) is 5.91 Å². The number of nitrogens with one attached hydrogen (secondary N) is 1. The van der Waals surface area contributed by atoms with Gasteiger partial charge in [-0.1, -0.05) is 26.0 Å². The van der Waals surface area contributed by atoms with E-state index in [0.717, 1.165) is 6.42 Å². The predicted octanol–water partition coefficient (Wildman–Crippen LogP) is 3.16. The van der Waals surface area contributed by atoms with E-state index in [-0.39, 0.29) is 28.7 Å². The highest BCUT2D eigenvalue weighted by Gasteiger charge is 2.68. The van der Waals surface area contributed by atoms with Crippen molar-refractivity contribution in [2.45, 2.75) is 33.1 Å². The molecule has 106 valence electrons. The summed E-state index contributed by atoms with van der Waals surface area (Å²) in [4.78, 5) is 25.0. The first kappa shape index (κ1) is 13.3. The van der Waals surface area contributed by atoms with Crippen molar-refractivity contribution >= 4 is 17.4 Å². The van der Waals surface area contributed by atoms with E-state index >= 15 is 0 Å². The van der Waals surface area contributed by atoms with E-state index in [4.69, 9.17) is 0 Å². The summed E-state index contributed by atoms with van der Waals surface area (Å²) in [5, 5.41) is 2.62. The van der Waals surface area contributed by atoms with Crippen LogP contribution in [0.5, 0.6) is 0 Å². The van der Waals surface area contributed by atoms with Crippen molar-refractivity contribution < 1.29 is 14.0 Å². The summed E-state index contributed by atoms with van der Waals surface area (Å²) >= 11 is 0. The molecule has 1 aromatic carbocycles. The quantitative estimate of drug-likeness (QED) is 0.843. The van der Waals surface area contributed by atoms with Crippen LogP contribution in [0.2, 0.25) is 0 Å². The van der Waals surface area contributed by atoms with E-state index in [9.17, 15) is 14.0 Å². The summed E-state index contributed by atoms with van der Waals surface area (Å²) in [6, 6.07) is 6.05. The number of Topliss-reactive ketones (excluding diaryl/α,β-unsaturated/α-hetero) is 1. The molecule has 0 radical (unpaired) electrons. The molecule has 1 N–H and O–H groups in total. The van der Waals surface area contributed by atoms with Crippen molar-refractivity contribution in [3.63, 3.8) is 0 Å². The van der Waals surface area contributed by atoms with Gasteiger partial charge in [-0.2, -0.15) is 0 Å². The number of ketones is 1. The van der Waals surface area contributed by atoms with Crippen molar-refractivity contribution in [1.82, 2.24) is 0 Å². The van der Waals surface area contributed by atoms with Crippen LogP contribution < -0.4 is 5.32 Å². The number of anilines is 1. The van der Waals surface area contributed by atoms with Crippen LogP contribution in [0.15, 0.2) is 24.3 Å². The summed E-state index contributed by atoms with van der Waals surface area (Å²) in [7, 11) is 0. The number of benzene rings is 1. The van der Waals surface area contributed by atoms with Crippen molar-refractivity contribution in [2.75, 3.05) is 5.32 Å². The van der Waals surface area contributed by atoms with Crippen molar-refractivity contribution in [1.29, 1.82) is 0 Å². The summed E-state index contributed by atoms with van der Waals surface area (Å²) in [5.41, 5.74) is -1.19. The molecule has 0 aromatic heterocycles. The second-order valence-electron chi connectivity index (χ2n) is 6.42. The first-order chi connectivity index (χ1) is 9.39. The van der Waals surface area contributed by atoms with Gasteiger partial charge in [0, 0.05) is 6.42 Å². The molecule has 0 spiro atoms. The number of hydrogen-bond acceptors (Lipinski definition) is 2. The molecule has 2 aliphatic rings. The van der Waals surface area contributed by atoms with Crippen LogP contribution >= 0.6 is 0 Å². The zero-order valence-corrected chi connectivity index (χ0v) is 11.7. The molecule has 2 unspecified atom stereocenters. The maximum absolute atomic E-state index is 13.7. The molecule has 2 bridgehead atoms. The largest absolute Gasteiger partial charge is 0.323 e. The lowest BCUT2D eigenvalue weighted by atomic mass is 9.68. The number of para-hydroxylation sites is 1. The van der Waals surface area contributed by atoms with E-state index in [1.54, 1.807) is 12.1 Å². The molecule has 1 amide bonds. The molecule has 3 nitrogen and oxygen atoms in total. The monoisotopic (exact) mass is 275 g/mol. The van der Waals surface area contributed by atoms with Crippen LogP contribution in [0.3, 0.4) is 0 Å². The standard InChI is InChI=1S/C16H18FNO2/c1-15(2)10-7-8-16(15,13(19)9-10)14(20)18-12-6-4-3-5-11(12)17/h3-6,10H,7-9H2,1-2H3,(H,18,20). The fourth-order valence-corrected chi connectivity index (χ4v) is 4.00. The highest BCUT2D eigenvalue weighted by Crippen LogP contribution is 2.64. The number of amides is 1. The van der Waals surface area contributed by atoms with Crippen molar-refractivity contribution in [3.8, 4) is 0 Å². The van der Waals surface area contributed by atoms with Crippen LogP contribution in [0.1, 0.15) is 33.1 Å². The molecule has 4 heteroatoms. The zero-order chi connectivity index (χ0) is 14.5. The summed E-state index contributed by atoms with van der Waals surface area (Å²) in [5.74, 6) is -0.554.